The quantitative estimate of drug-likeness (QED) is 0.755. The van der Waals surface area contributed by atoms with Crippen LogP contribution in [0.4, 0.5) is 0 Å². The molecule has 1 aromatic rings. The summed E-state index contributed by atoms with van der Waals surface area (Å²) in [6, 6.07) is 7.52. The smallest absolute Gasteiger partial charge is 0.166 e. The first-order valence-corrected chi connectivity index (χ1v) is 6.78. The molecule has 0 amide bonds. The van der Waals surface area contributed by atoms with E-state index in [0.717, 1.165) is 24.2 Å². The van der Waals surface area contributed by atoms with Crippen LogP contribution in [0.2, 0.25) is 0 Å². The highest BCUT2D eigenvalue weighted by molar-refractivity contribution is 5.98. The number of benzene rings is 1. The monoisotopic (exact) mass is 246 g/mol. The van der Waals surface area contributed by atoms with Gasteiger partial charge >= 0.3 is 0 Å². The zero-order valence-corrected chi connectivity index (χ0v) is 11.5. The summed E-state index contributed by atoms with van der Waals surface area (Å²) in [7, 11) is 1.63. The summed E-state index contributed by atoms with van der Waals surface area (Å²) in [5.41, 5.74) is 0.792. The number of ketones is 1. The first-order valence-electron chi connectivity index (χ1n) is 6.78. The Bertz CT molecular complexity index is 415. The zero-order valence-electron chi connectivity index (χ0n) is 11.5. The lowest BCUT2D eigenvalue weighted by molar-refractivity contribution is 0.0836. The molecule has 1 aliphatic carbocycles. The van der Waals surface area contributed by atoms with Crippen molar-refractivity contribution in [2.45, 2.75) is 33.1 Å². The van der Waals surface area contributed by atoms with Crippen molar-refractivity contribution in [3.8, 4) is 5.75 Å². The summed E-state index contributed by atoms with van der Waals surface area (Å²) >= 11 is 0. The van der Waals surface area contributed by atoms with Crippen molar-refractivity contribution in [3.05, 3.63) is 29.8 Å². The van der Waals surface area contributed by atoms with E-state index in [1.165, 1.54) is 6.42 Å². The second-order valence-corrected chi connectivity index (χ2v) is 5.71. The molecule has 2 rings (SSSR count). The maximum Gasteiger partial charge on any atom is 0.166 e. The summed E-state index contributed by atoms with van der Waals surface area (Å²) in [5.74, 6) is 2.56. The van der Waals surface area contributed by atoms with Crippen LogP contribution >= 0.6 is 0 Å². The molecule has 0 aliphatic heterocycles. The first-order chi connectivity index (χ1) is 8.60. The Labute approximate surface area is 109 Å². The van der Waals surface area contributed by atoms with Gasteiger partial charge in [0.2, 0.25) is 0 Å². The molecule has 18 heavy (non-hydrogen) atoms. The number of ether oxygens (including phenoxy) is 1. The maximum absolute atomic E-state index is 12.5. The second kappa shape index (κ2) is 5.55. The van der Waals surface area contributed by atoms with Gasteiger partial charge in [-0.1, -0.05) is 26.0 Å². The van der Waals surface area contributed by atoms with Gasteiger partial charge in [0.05, 0.1) is 7.11 Å². The minimum absolute atomic E-state index is 0.191. The van der Waals surface area contributed by atoms with E-state index >= 15 is 0 Å². The molecule has 2 nitrogen and oxygen atoms in total. The van der Waals surface area contributed by atoms with Gasteiger partial charge in [-0.15, -0.1) is 0 Å². The highest BCUT2D eigenvalue weighted by atomic mass is 16.5. The molecule has 2 heteroatoms. The largest absolute Gasteiger partial charge is 0.497 e. The zero-order chi connectivity index (χ0) is 13.1. The highest BCUT2D eigenvalue weighted by Gasteiger charge is 2.29. The van der Waals surface area contributed by atoms with Gasteiger partial charge in [0.1, 0.15) is 5.75 Å². The molecule has 2 unspecified atom stereocenters. The highest BCUT2D eigenvalue weighted by Crippen LogP contribution is 2.35. The van der Waals surface area contributed by atoms with E-state index in [2.05, 4.69) is 13.8 Å². The molecule has 0 N–H and O–H groups in total. The van der Waals surface area contributed by atoms with Crippen LogP contribution in [0.1, 0.15) is 43.5 Å². The molecule has 0 aromatic heterocycles. The standard InChI is InChI=1S/C16H22O2/c1-11-7-12(2)9-14(8-11)16(17)13-5-4-6-15(10-13)18-3/h4-6,10-12,14H,7-9H2,1-3H3. The minimum atomic E-state index is 0.191. The normalized spacial score (nSPS) is 27.8. The fourth-order valence-corrected chi connectivity index (χ4v) is 3.17. The third-order valence-corrected chi connectivity index (χ3v) is 3.90. The van der Waals surface area contributed by atoms with Crippen LogP contribution in [0, 0.1) is 17.8 Å². The summed E-state index contributed by atoms with van der Waals surface area (Å²) in [5, 5.41) is 0. The van der Waals surface area contributed by atoms with Crippen LogP contribution in [0.25, 0.3) is 0 Å². The Balaban J connectivity index is 2.14. The van der Waals surface area contributed by atoms with Crippen molar-refractivity contribution < 1.29 is 9.53 Å². The van der Waals surface area contributed by atoms with Crippen LogP contribution < -0.4 is 4.74 Å². The Morgan fingerprint density at radius 2 is 1.83 bits per heavy atom. The number of Topliss-reactive ketones (excluding diaryl/α,β-unsaturated/α-hetero) is 1. The van der Waals surface area contributed by atoms with Gasteiger partial charge in [0.15, 0.2) is 5.78 Å². The summed E-state index contributed by atoms with van der Waals surface area (Å²) in [6.07, 6.45) is 3.31. The number of hydrogen-bond donors (Lipinski definition) is 0. The Morgan fingerprint density at radius 3 is 2.44 bits per heavy atom. The van der Waals surface area contributed by atoms with Crippen LogP contribution in [0.5, 0.6) is 5.75 Å². The average molecular weight is 246 g/mol. The molecule has 1 fully saturated rings. The number of carbonyl (C=O) groups is 1. The van der Waals surface area contributed by atoms with E-state index in [-0.39, 0.29) is 11.7 Å². The van der Waals surface area contributed by atoms with Gasteiger partial charge in [-0.3, -0.25) is 4.79 Å². The fraction of sp³-hybridized carbons (Fsp3) is 0.562. The molecule has 0 spiro atoms. The van der Waals surface area contributed by atoms with Crippen LogP contribution in [-0.4, -0.2) is 12.9 Å². The first kappa shape index (κ1) is 13.1. The number of carbonyl (C=O) groups excluding carboxylic acids is 1. The molecule has 0 heterocycles. The summed E-state index contributed by atoms with van der Waals surface area (Å²) in [4.78, 5) is 12.5. The molecule has 1 aliphatic rings. The van der Waals surface area contributed by atoms with E-state index < -0.39 is 0 Å². The van der Waals surface area contributed by atoms with E-state index in [0.29, 0.717) is 11.8 Å². The van der Waals surface area contributed by atoms with Crippen LogP contribution in [0.3, 0.4) is 0 Å². The van der Waals surface area contributed by atoms with Gasteiger partial charge in [0, 0.05) is 11.5 Å². The van der Waals surface area contributed by atoms with Gasteiger partial charge in [0.25, 0.3) is 0 Å². The topological polar surface area (TPSA) is 26.3 Å². The van der Waals surface area contributed by atoms with Crippen molar-refractivity contribution in [1.82, 2.24) is 0 Å². The van der Waals surface area contributed by atoms with Crippen molar-refractivity contribution >= 4 is 5.78 Å². The van der Waals surface area contributed by atoms with Gasteiger partial charge in [-0.2, -0.15) is 0 Å². The molecule has 1 aromatic carbocycles. The maximum atomic E-state index is 12.5. The molecular weight excluding hydrogens is 224 g/mol. The molecule has 2 atom stereocenters. The third-order valence-electron chi connectivity index (χ3n) is 3.90. The van der Waals surface area contributed by atoms with Gasteiger partial charge in [-0.05, 0) is 43.2 Å². The van der Waals surface area contributed by atoms with Crippen LogP contribution in [0.15, 0.2) is 24.3 Å². The second-order valence-electron chi connectivity index (χ2n) is 5.71. The van der Waals surface area contributed by atoms with Crippen molar-refractivity contribution in [2.75, 3.05) is 7.11 Å². The molecule has 0 radical (unpaired) electrons. The number of hydrogen-bond acceptors (Lipinski definition) is 2. The molecule has 98 valence electrons. The third kappa shape index (κ3) is 2.92. The summed E-state index contributed by atoms with van der Waals surface area (Å²) < 4.78 is 5.18. The summed E-state index contributed by atoms with van der Waals surface area (Å²) in [6.45, 7) is 4.50. The van der Waals surface area contributed by atoms with Gasteiger partial charge in [-0.25, -0.2) is 0 Å². The Kier molecular flexibility index (Phi) is 4.05. The van der Waals surface area contributed by atoms with E-state index in [9.17, 15) is 4.79 Å². The van der Waals surface area contributed by atoms with E-state index in [1.807, 2.05) is 24.3 Å². The molecule has 0 bridgehead atoms. The van der Waals surface area contributed by atoms with Crippen LogP contribution in [-0.2, 0) is 0 Å². The van der Waals surface area contributed by atoms with Crippen molar-refractivity contribution in [1.29, 1.82) is 0 Å². The number of methoxy groups -OCH3 is 1. The van der Waals surface area contributed by atoms with E-state index in [1.54, 1.807) is 7.11 Å². The van der Waals surface area contributed by atoms with Crippen molar-refractivity contribution in [2.24, 2.45) is 17.8 Å². The molecule has 0 saturated heterocycles. The van der Waals surface area contributed by atoms with Crippen molar-refractivity contribution in [3.63, 3.8) is 0 Å². The molecular formula is C16H22O2. The van der Waals surface area contributed by atoms with E-state index in [4.69, 9.17) is 4.74 Å². The average Bonchev–Trinajstić information content (AvgIpc) is 2.37. The lowest BCUT2D eigenvalue weighted by Crippen LogP contribution is -2.26. The lowest BCUT2D eigenvalue weighted by atomic mass is 9.74. The lowest BCUT2D eigenvalue weighted by Gasteiger charge is -2.30. The Morgan fingerprint density at radius 1 is 1.17 bits per heavy atom. The molecule has 1 saturated carbocycles. The number of rotatable bonds is 3. The Hall–Kier alpha value is -1.31. The fourth-order valence-electron chi connectivity index (χ4n) is 3.17. The predicted octanol–water partition coefficient (Wildman–Crippen LogP) is 3.95. The minimum Gasteiger partial charge on any atom is -0.497 e. The predicted molar refractivity (Wildman–Crippen MR) is 73.0 cm³/mol. The van der Waals surface area contributed by atoms with Gasteiger partial charge < -0.3 is 4.74 Å². The SMILES string of the molecule is COc1cccc(C(=O)C2CC(C)CC(C)C2)c1.